The Morgan fingerprint density at radius 2 is 1.84 bits per heavy atom. The summed E-state index contributed by atoms with van der Waals surface area (Å²) in [5.74, 6) is -4.51. The number of pyridine rings is 1. The number of fused-ring (bicyclic) bond motifs is 1. The topological polar surface area (TPSA) is 121 Å². The molecule has 2 aromatic heterocycles. The molecule has 0 saturated heterocycles. The first-order chi connectivity index (χ1) is 15.1. The van der Waals surface area contributed by atoms with Crippen molar-refractivity contribution in [1.82, 2.24) is 19.6 Å². The lowest BCUT2D eigenvalue weighted by atomic mass is 9.96. The predicted octanol–water partition coefficient (Wildman–Crippen LogP) is 1.23. The zero-order valence-electron chi connectivity index (χ0n) is 17.6. The molecule has 0 aliphatic heterocycles. The van der Waals surface area contributed by atoms with Crippen molar-refractivity contribution in [3.8, 4) is 5.75 Å². The van der Waals surface area contributed by atoms with Crippen LogP contribution in [-0.2, 0) is 16.1 Å². The number of aromatic nitrogens is 2. The number of Topliss-reactive ketones (excluding diaryl/α,β-unsaturated/α-hetero) is 1. The minimum absolute atomic E-state index is 0.00742. The second kappa shape index (κ2) is 8.96. The van der Waals surface area contributed by atoms with Crippen LogP contribution in [0.25, 0.3) is 5.65 Å². The first kappa shape index (κ1) is 22.6. The lowest BCUT2D eigenvalue weighted by Crippen LogP contribution is -2.33. The number of hydrogen-bond acceptors (Lipinski definition) is 6. The van der Waals surface area contributed by atoms with Crippen molar-refractivity contribution in [2.45, 2.75) is 19.4 Å². The molecule has 3 rings (SSSR count). The summed E-state index contributed by atoms with van der Waals surface area (Å²) >= 11 is 0. The maximum absolute atomic E-state index is 13.0. The molecule has 166 valence electrons. The van der Waals surface area contributed by atoms with Crippen molar-refractivity contribution in [3.63, 3.8) is 0 Å². The Bertz CT molecular complexity index is 1270. The summed E-state index contributed by atoms with van der Waals surface area (Å²) in [6.45, 7) is 1.50. The number of rotatable bonds is 6. The van der Waals surface area contributed by atoms with Crippen molar-refractivity contribution in [3.05, 3.63) is 75.6 Å². The number of likely N-dealkylation sites (N-methyl/N-ethyl adjacent to an activating group) is 1. The van der Waals surface area contributed by atoms with Gasteiger partial charge in [-0.05, 0) is 23.8 Å². The minimum Gasteiger partial charge on any atom is -0.501 e. The van der Waals surface area contributed by atoms with E-state index >= 15 is 0 Å². The Kier molecular flexibility index (Phi) is 6.33. The highest BCUT2D eigenvalue weighted by atomic mass is 19.1. The number of carbonyl (C=O) groups is 3. The van der Waals surface area contributed by atoms with Gasteiger partial charge in [0.15, 0.2) is 5.69 Å². The number of ketones is 1. The first-order valence-electron chi connectivity index (χ1n) is 9.64. The van der Waals surface area contributed by atoms with Gasteiger partial charge in [0.25, 0.3) is 11.8 Å². The van der Waals surface area contributed by atoms with Gasteiger partial charge >= 0.3 is 5.56 Å². The molecule has 2 amide bonds. The smallest absolute Gasteiger partial charge is 0.300 e. The summed E-state index contributed by atoms with van der Waals surface area (Å²) in [5.41, 5.74) is -0.614. The fourth-order valence-electron chi connectivity index (χ4n) is 3.08. The number of amides is 2. The molecule has 1 unspecified atom stereocenters. The molecule has 1 aromatic carbocycles. The fraction of sp³-hybridized carbons (Fsp3) is 0.227. The van der Waals surface area contributed by atoms with E-state index in [9.17, 15) is 28.7 Å². The van der Waals surface area contributed by atoms with Gasteiger partial charge in [-0.25, -0.2) is 9.37 Å². The molecule has 10 heteroatoms. The van der Waals surface area contributed by atoms with Crippen molar-refractivity contribution in [2.75, 3.05) is 14.1 Å². The molecular weight excluding hydrogens is 419 g/mol. The molecule has 0 aliphatic rings. The third-order valence-corrected chi connectivity index (χ3v) is 4.92. The molecule has 0 bridgehead atoms. The Hall–Kier alpha value is -4.08. The van der Waals surface area contributed by atoms with E-state index < -0.39 is 46.3 Å². The number of hydrogen-bond donors (Lipinski definition) is 2. The zero-order valence-corrected chi connectivity index (χ0v) is 17.6. The molecule has 0 aliphatic carbocycles. The monoisotopic (exact) mass is 440 g/mol. The van der Waals surface area contributed by atoms with Crippen molar-refractivity contribution in [2.24, 2.45) is 0 Å². The highest BCUT2D eigenvalue weighted by Gasteiger charge is 2.28. The minimum atomic E-state index is -0.951. The summed E-state index contributed by atoms with van der Waals surface area (Å²) in [7, 11) is 2.89. The van der Waals surface area contributed by atoms with Crippen LogP contribution in [0.15, 0.2) is 47.4 Å². The van der Waals surface area contributed by atoms with Crippen molar-refractivity contribution < 1.29 is 23.9 Å². The summed E-state index contributed by atoms with van der Waals surface area (Å²) < 4.78 is 14.0. The number of benzene rings is 1. The molecule has 0 radical (unpaired) electrons. The normalized spacial score (nSPS) is 11.8. The molecule has 1 atom stereocenters. The first-order valence-corrected chi connectivity index (χ1v) is 9.64. The van der Waals surface area contributed by atoms with E-state index in [0.29, 0.717) is 5.56 Å². The third kappa shape index (κ3) is 4.34. The standard InChI is InChI=1S/C22H21FN4O5/c1-12(17(28)21(31)26(2)3)15-5-4-10-27-19(15)25-16(18(29)22(27)32)20(30)24-11-13-6-8-14(23)9-7-13/h4-10,12,29H,11H2,1-3H3,(H,24,30). The molecular formula is C22H21FN4O5. The van der Waals surface area contributed by atoms with Crippen LogP contribution in [0.4, 0.5) is 4.39 Å². The highest BCUT2D eigenvalue weighted by molar-refractivity contribution is 6.38. The van der Waals surface area contributed by atoms with Crippen LogP contribution < -0.4 is 10.9 Å². The summed E-state index contributed by atoms with van der Waals surface area (Å²) in [5, 5.41) is 12.8. The van der Waals surface area contributed by atoms with Gasteiger partial charge in [-0.1, -0.05) is 25.1 Å². The van der Waals surface area contributed by atoms with Crippen LogP contribution in [0, 0.1) is 5.82 Å². The van der Waals surface area contributed by atoms with Gasteiger partial charge in [0.2, 0.25) is 11.5 Å². The molecule has 32 heavy (non-hydrogen) atoms. The molecule has 2 heterocycles. The molecule has 0 fully saturated rings. The van der Waals surface area contributed by atoms with Gasteiger partial charge < -0.3 is 15.3 Å². The zero-order chi connectivity index (χ0) is 23.6. The molecule has 0 spiro atoms. The summed E-state index contributed by atoms with van der Waals surface area (Å²) in [6, 6.07) is 8.42. The number of nitrogens with zero attached hydrogens (tertiary/aromatic N) is 3. The maximum Gasteiger partial charge on any atom is 0.300 e. The average molecular weight is 440 g/mol. The average Bonchev–Trinajstić information content (AvgIpc) is 2.78. The molecule has 3 aromatic rings. The lowest BCUT2D eigenvalue weighted by Gasteiger charge is -2.16. The van der Waals surface area contributed by atoms with Crippen LogP contribution in [0.3, 0.4) is 0 Å². The van der Waals surface area contributed by atoms with Gasteiger partial charge in [-0.3, -0.25) is 23.6 Å². The number of carbonyl (C=O) groups excluding carboxylic acids is 3. The quantitative estimate of drug-likeness (QED) is 0.556. The molecule has 0 saturated carbocycles. The SMILES string of the molecule is CC(C(=O)C(=O)N(C)C)c1cccn2c(=O)c(O)c(C(=O)NCc3ccc(F)cc3)nc12. The van der Waals surface area contributed by atoms with Crippen LogP contribution in [0.5, 0.6) is 5.75 Å². The van der Waals surface area contributed by atoms with Crippen molar-refractivity contribution >= 4 is 23.2 Å². The maximum atomic E-state index is 13.0. The van der Waals surface area contributed by atoms with Crippen molar-refractivity contribution in [1.29, 1.82) is 0 Å². The number of halogens is 1. The number of aromatic hydroxyl groups is 1. The predicted molar refractivity (Wildman–Crippen MR) is 113 cm³/mol. The largest absolute Gasteiger partial charge is 0.501 e. The summed E-state index contributed by atoms with van der Waals surface area (Å²) in [4.78, 5) is 55.2. The van der Waals surface area contributed by atoms with Gasteiger partial charge in [-0.15, -0.1) is 0 Å². The molecule has 2 N–H and O–H groups in total. The van der Waals surface area contributed by atoms with E-state index in [1.54, 1.807) is 0 Å². The van der Waals surface area contributed by atoms with Crippen LogP contribution in [0.2, 0.25) is 0 Å². The van der Waals surface area contributed by atoms with Gasteiger partial charge in [0.05, 0.1) is 5.92 Å². The Morgan fingerprint density at radius 3 is 2.47 bits per heavy atom. The third-order valence-electron chi connectivity index (χ3n) is 4.92. The second-order valence-electron chi connectivity index (χ2n) is 7.37. The Labute approximate surface area is 182 Å². The van der Waals surface area contributed by atoms with E-state index in [-0.39, 0.29) is 17.8 Å². The van der Waals surface area contributed by atoms with Crippen LogP contribution in [-0.4, -0.2) is 51.1 Å². The van der Waals surface area contributed by atoms with E-state index in [2.05, 4.69) is 10.3 Å². The van der Waals surface area contributed by atoms with E-state index in [1.807, 2.05) is 0 Å². The number of nitrogens with one attached hydrogen (secondary N) is 1. The Morgan fingerprint density at radius 1 is 1.19 bits per heavy atom. The van der Waals surface area contributed by atoms with Gasteiger partial charge in [0.1, 0.15) is 11.5 Å². The lowest BCUT2D eigenvalue weighted by molar-refractivity contribution is -0.143. The van der Waals surface area contributed by atoms with Crippen LogP contribution in [0.1, 0.15) is 34.5 Å². The summed E-state index contributed by atoms with van der Waals surface area (Å²) in [6.07, 6.45) is 1.33. The van der Waals surface area contributed by atoms with Crippen LogP contribution >= 0.6 is 0 Å². The van der Waals surface area contributed by atoms with E-state index in [1.165, 1.54) is 63.6 Å². The second-order valence-corrected chi connectivity index (χ2v) is 7.37. The molecule has 9 nitrogen and oxygen atoms in total. The fourth-order valence-corrected chi connectivity index (χ4v) is 3.08. The van der Waals surface area contributed by atoms with E-state index in [4.69, 9.17) is 0 Å². The van der Waals surface area contributed by atoms with Gasteiger partial charge in [0, 0.05) is 32.4 Å². The van der Waals surface area contributed by atoms with E-state index in [0.717, 1.165) is 9.30 Å². The van der Waals surface area contributed by atoms with Gasteiger partial charge in [-0.2, -0.15) is 0 Å². The highest BCUT2D eigenvalue weighted by Crippen LogP contribution is 2.22. The Balaban J connectivity index is 2.00.